The van der Waals surface area contributed by atoms with Crippen molar-refractivity contribution < 1.29 is 9.59 Å². The lowest BCUT2D eigenvalue weighted by Gasteiger charge is -2.23. The van der Waals surface area contributed by atoms with Gasteiger partial charge >= 0.3 is 0 Å². The molecule has 0 N–H and O–H groups in total. The smallest absolute Gasteiger partial charge is 0.274 e. The van der Waals surface area contributed by atoms with Crippen LogP contribution in [-0.2, 0) is 4.79 Å². The van der Waals surface area contributed by atoms with Crippen molar-refractivity contribution in [3.63, 3.8) is 0 Å². The standard InChI is InChI=1S/C20H20N4O2/c1-14-7-6-10-18-21-16(13-24(14)18)19(25)22(2)17-11-12-23(20(17)26)15-8-4-3-5-9-15/h3-10,13,17H,11-12H2,1-2H3. The van der Waals surface area contributed by atoms with Gasteiger partial charge in [-0.25, -0.2) is 4.98 Å². The molecule has 0 spiro atoms. The number of hydrogen-bond donors (Lipinski definition) is 0. The van der Waals surface area contributed by atoms with E-state index in [4.69, 9.17) is 0 Å². The molecule has 0 aliphatic carbocycles. The number of benzene rings is 1. The molecular formula is C20H20N4O2. The Labute approximate surface area is 151 Å². The first-order valence-electron chi connectivity index (χ1n) is 8.64. The first-order chi connectivity index (χ1) is 12.6. The number of pyridine rings is 1. The lowest BCUT2D eigenvalue weighted by atomic mass is 10.2. The zero-order valence-electron chi connectivity index (χ0n) is 14.8. The van der Waals surface area contributed by atoms with Gasteiger partial charge in [0.25, 0.3) is 5.91 Å². The molecule has 1 unspecified atom stereocenters. The van der Waals surface area contributed by atoms with Crippen LogP contribution in [0.25, 0.3) is 5.65 Å². The van der Waals surface area contributed by atoms with Gasteiger partial charge in [0.05, 0.1) is 0 Å². The van der Waals surface area contributed by atoms with Crippen LogP contribution in [0.5, 0.6) is 0 Å². The molecule has 2 aromatic heterocycles. The number of hydrogen-bond acceptors (Lipinski definition) is 3. The highest BCUT2D eigenvalue weighted by molar-refractivity contribution is 6.03. The van der Waals surface area contributed by atoms with Crippen LogP contribution in [0.3, 0.4) is 0 Å². The largest absolute Gasteiger partial charge is 0.328 e. The summed E-state index contributed by atoms with van der Waals surface area (Å²) in [5.41, 5.74) is 2.95. The van der Waals surface area contributed by atoms with Crippen LogP contribution in [0.15, 0.2) is 54.7 Å². The number of fused-ring (bicyclic) bond motifs is 1. The van der Waals surface area contributed by atoms with E-state index in [2.05, 4.69) is 4.98 Å². The Hall–Kier alpha value is -3.15. The normalized spacial score (nSPS) is 17.1. The number of rotatable bonds is 3. The van der Waals surface area contributed by atoms with Gasteiger partial charge in [0.1, 0.15) is 17.4 Å². The number of imidazole rings is 1. The van der Waals surface area contributed by atoms with Crippen molar-refractivity contribution in [1.82, 2.24) is 14.3 Å². The molecule has 0 bridgehead atoms. The average molecular weight is 348 g/mol. The molecule has 1 saturated heterocycles. The maximum absolute atomic E-state index is 12.9. The molecule has 3 aromatic rings. The van der Waals surface area contributed by atoms with Gasteiger partial charge in [-0.05, 0) is 37.6 Å². The lowest BCUT2D eigenvalue weighted by molar-refractivity contribution is -0.120. The predicted octanol–water partition coefficient (Wildman–Crippen LogP) is 2.52. The van der Waals surface area contributed by atoms with E-state index in [9.17, 15) is 9.59 Å². The Morgan fingerprint density at radius 3 is 2.65 bits per heavy atom. The zero-order chi connectivity index (χ0) is 18.3. The van der Waals surface area contributed by atoms with Crippen LogP contribution < -0.4 is 4.90 Å². The van der Waals surface area contributed by atoms with E-state index in [0.717, 1.165) is 17.0 Å². The Balaban J connectivity index is 1.57. The van der Waals surface area contributed by atoms with Crippen molar-refractivity contribution in [3.05, 3.63) is 66.1 Å². The highest BCUT2D eigenvalue weighted by atomic mass is 16.2. The van der Waals surface area contributed by atoms with Crippen LogP contribution in [0, 0.1) is 6.92 Å². The molecule has 1 aliphatic heterocycles. The van der Waals surface area contributed by atoms with Crippen molar-refractivity contribution in [1.29, 1.82) is 0 Å². The van der Waals surface area contributed by atoms with Gasteiger partial charge in [0.2, 0.25) is 5.91 Å². The van der Waals surface area contributed by atoms with Crippen LogP contribution in [0.4, 0.5) is 5.69 Å². The number of para-hydroxylation sites is 1. The van der Waals surface area contributed by atoms with Gasteiger partial charge in [0.15, 0.2) is 0 Å². The molecule has 132 valence electrons. The molecule has 26 heavy (non-hydrogen) atoms. The number of aromatic nitrogens is 2. The zero-order valence-corrected chi connectivity index (χ0v) is 14.8. The molecule has 3 heterocycles. The number of anilines is 1. The number of aryl methyl sites for hydroxylation is 1. The van der Waals surface area contributed by atoms with Gasteiger partial charge in [-0.2, -0.15) is 0 Å². The summed E-state index contributed by atoms with van der Waals surface area (Å²) in [6, 6.07) is 14.8. The van der Waals surface area contributed by atoms with Crippen molar-refractivity contribution in [3.8, 4) is 0 Å². The Bertz CT molecular complexity index is 980. The second-order valence-electron chi connectivity index (χ2n) is 6.57. The molecule has 1 fully saturated rings. The summed E-state index contributed by atoms with van der Waals surface area (Å²) in [6.45, 7) is 2.57. The summed E-state index contributed by atoms with van der Waals surface area (Å²) in [4.78, 5) is 33.4. The van der Waals surface area contributed by atoms with Gasteiger partial charge in [-0.1, -0.05) is 24.3 Å². The average Bonchev–Trinajstić information content (AvgIpc) is 3.26. The molecule has 1 atom stereocenters. The van der Waals surface area contributed by atoms with Crippen LogP contribution in [0.2, 0.25) is 0 Å². The molecular weight excluding hydrogens is 328 g/mol. The monoisotopic (exact) mass is 348 g/mol. The van der Waals surface area contributed by atoms with Gasteiger partial charge in [-0.15, -0.1) is 0 Å². The number of nitrogens with zero attached hydrogens (tertiary/aromatic N) is 4. The molecule has 1 aliphatic rings. The second-order valence-corrected chi connectivity index (χ2v) is 6.57. The molecule has 0 radical (unpaired) electrons. The third kappa shape index (κ3) is 2.63. The molecule has 2 amide bonds. The fourth-order valence-corrected chi connectivity index (χ4v) is 3.46. The maximum atomic E-state index is 12.9. The highest BCUT2D eigenvalue weighted by Crippen LogP contribution is 2.24. The fourth-order valence-electron chi connectivity index (χ4n) is 3.46. The maximum Gasteiger partial charge on any atom is 0.274 e. The van der Waals surface area contributed by atoms with E-state index >= 15 is 0 Å². The molecule has 0 saturated carbocycles. The molecule has 6 nitrogen and oxygen atoms in total. The minimum absolute atomic E-state index is 0.0491. The van der Waals surface area contributed by atoms with E-state index in [1.807, 2.05) is 59.9 Å². The fraction of sp³-hybridized carbons (Fsp3) is 0.250. The SMILES string of the molecule is Cc1cccc2nc(C(=O)N(C)C3CCN(c4ccccc4)C3=O)cn12. The van der Waals surface area contributed by atoms with Crippen LogP contribution in [0.1, 0.15) is 22.6 Å². The van der Waals surface area contributed by atoms with Crippen LogP contribution >= 0.6 is 0 Å². The second kappa shape index (κ2) is 6.29. The van der Waals surface area contributed by atoms with Crippen molar-refractivity contribution >= 4 is 23.1 Å². The molecule has 4 rings (SSSR count). The summed E-state index contributed by atoms with van der Waals surface area (Å²) in [5, 5.41) is 0. The minimum atomic E-state index is -0.464. The van der Waals surface area contributed by atoms with Gasteiger partial charge < -0.3 is 14.2 Å². The quantitative estimate of drug-likeness (QED) is 0.731. The summed E-state index contributed by atoms with van der Waals surface area (Å²) in [5.74, 6) is -0.284. The highest BCUT2D eigenvalue weighted by Gasteiger charge is 2.37. The number of carbonyl (C=O) groups excluding carboxylic acids is 2. The van der Waals surface area contributed by atoms with Gasteiger partial charge in [0, 0.05) is 31.2 Å². The van der Waals surface area contributed by atoms with Crippen molar-refractivity contribution in [2.75, 3.05) is 18.5 Å². The number of amides is 2. The van der Waals surface area contributed by atoms with E-state index in [1.54, 1.807) is 18.1 Å². The summed E-state index contributed by atoms with van der Waals surface area (Å²) < 4.78 is 1.88. The number of likely N-dealkylation sites (N-methyl/N-ethyl adjacent to an activating group) is 1. The Morgan fingerprint density at radius 2 is 1.92 bits per heavy atom. The Kier molecular flexibility index (Phi) is 3.95. The summed E-state index contributed by atoms with van der Waals surface area (Å²) in [7, 11) is 1.68. The van der Waals surface area contributed by atoms with Gasteiger partial charge in [-0.3, -0.25) is 9.59 Å². The predicted molar refractivity (Wildman–Crippen MR) is 99.2 cm³/mol. The minimum Gasteiger partial charge on any atom is -0.328 e. The van der Waals surface area contributed by atoms with Crippen molar-refractivity contribution in [2.45, 2.75) is 19.4 Å². The van der Waals surface area contributed by atoms with Crippen molar-refractivity contribution in [2.24, 2.45) is 0 Å². The lowest BCUT2D eigenvalue weighted by Crippen LogP contribution is -2.43. The Morgan fingerprint density at radius 1 is 1.15 bits per heavy atom. The summed E-state index contributed by atoms with van der Waals surface area (Å²) >= 11 is 0. The summed E-state index contributed by atoms with van der Waals surface area (Å²) in [6.07, 6.45) is 2.35. The third-order valence-corrected chi connectivity index (χ3v) is 4.95. The first-order valence-corrected chi connectivity index (χ1v) is 8.64. The molecule has 1 aromatic carbocycles. The number of carbonyl (C=O) groups is 2. The third-order valence-electron chi connectivity index (χ3n) is 4.95. The van der Waals surface area contributed by atoms with E-state index < -0.39 is 6.04 Å². The van der Waals surface area contributed by atoms with Crippen LogP contribution in [-0.4, -0.2) is 45.7 Å². The first kappa shape index (κ1) is 16.3. The van der Waals surface area contributed by atoms with E-state index in [0.29, 0.717) is 18.7 Å². The van der Waals surface area contributed by atoms with E-state index in [-0.39, 0.29) is 11.8 Å². The van der Waals surface area contributed by atoms with E-state index in [1.165, 1.54) is 4.90 Å². The topological polar surface area (TPSA) is 57.9 Å². The molecule has 6 heteroatoms.